The first kappa shape index (κ1) is 15.5. The van der Waals surface area contributed by atoms with Gasteiger partial charge in [0.05, 0.1) is 11.6 Å². The third kappa shape index (κ3) is 3.62. The van der Waals surface area contributed by atoms with Crippen LogP contribution in [0.3, 0.4) is 0 Å². The van der Waals surface area contributed by atoms with Crippen molar-refractivity contribution in [2.24, 2.45) is 0 Å². The molecule has 0 aliphatic carbocycles. The molecule has 3 nitrogen and oxygen atoms in total. The molecule has 0 unspecified atom stereocenters. The summed E-state index contributed by atoms with van der Waals surface area (Å²) in [5.41, 5.74) is 4.42. The molecule has 22 heavy (non-hydrogen) atoms. The monoisotopic (exact) mass is 291 g/mol. The number of rotatable bonds is 3. The van der Waals surface area contributed by atoms with Crippen LogP contribution in [0.15, 0.2) is 42.5 Å². The molecule has 0 aliphatic rings. The molecule has 0 aliphatic heterocycles. The van der Waals surface area contributed by atoms with Crippen molar-refractivity contribution >= 4 is 12.0 Å². The normalized spacial score (nSPS) is 10.5. The van der Waals surface area contributed by atoms with E-state index in [0.29, 0.717) is 11.3 Å². The van der Waals surface area contributed by atoms with Crippen molar-refractivity contribution in [3.63, 3.8) is 0 Å². The van der Waals surface area contributed by atoms with Crippen molar-refractivity contribution in [2.45, 2.75) is 20.8 Å². The van der Waals surface area contributed by atoms with E-state index >= 15 is 0 Å². The van der Waals surface area contributed by atoms with Crippen LogP contribution in [-0.2, 0) is 4.79 Å². The Morgan fingerprint density at radius 1 is 1.05 bits per heavy atom. The number of nitrogens with zero attached hydrogens (tertiary/aromatic N) is 1. The number of aryl methyl sites for hydroxylation is 2. The van der Waals surface area contributed by atoms with Crippen LogP contribution in [0, 0.1) is 32.1 Å². The van der Waals surface area contributed by atoms with Gasteiger partial charge in [-0.25, -0.2) is 4.79 Å². The molecular weight excluding hydrogens is 274 g/mol. The van der Waals surface area contributed by atoms with Crippen molar-refractivity contribution < 1.29 is 9.53 Å². The molecule has 2 aromatic rings. The highest BCUT2D eigenvalue weighted by molar-refractivity contribution is 5.89. The number of benzene rings is 2. The van der Waals surface area contributed by atoms with Gasteiger partial charge in [0.2, 0.25) is 0 Å². The van der Waals surface area contributed by atoms with Gasteiger partial charge in [-0.15, -0.1) is 0 Å². The molecule has 0 radical (unpaired) electrons. The van der Waals surface area contributed by atoms with Crippen LogP contribution in [0.4, 0.5) is 0 Å². The minimum Gasteiger partial charge on any atom is -0.423 e. The summed E-state index contributed by atoms with van der Waals surface area (Å²) in [5.74, 6) is 0.204. The highest BCUT2D eigenvalue weighted by Crippen LogP contribution is 2.25. The largest absolute Gasteiger partial charge is 0.423 e. The maximum atomic E-state index is 12.0. The number of carbonyl (C=O) groups excluding carboxylic acids is 1. The van der Waals surface area contributed by atoms with Crippen LogP contribution in [0.5, 0.6) is 5.75 Å². The Labute approximate surface area is 130 Å². The Hall–Kier alpha value is -2.86. The highest BCUT2D eigenvalue weighted by Gasteiger charge is 2.09. The third-order valence-electron chi connectivity index (χ3n) is 3.53. The fourth-order valence-electron chi connectivity index (χ4n) is 2.05. The number of esters is 1. The second-order valence-corrected chi connectivity index (χ2v) is 5.14. The van der Waals surface area contributed by atoms with Gasteiger partial charge in [-0.2, -0.15) is 5.26 Å². The number of hydrogen-bond donors (Lipinski definition) is 0. The Morgan fingerprint density at radius 3 is 2.32 bits per heavy atom. The van der Waals surface area contributed by atoms with Gasteiger partial charge >= 0.3 is 5.97 Å². The van der Waals surface area contributed by atoms with Crippen LogP contribution in [-0.4, -0.2) is 5.97 Å². The average molecular weight is 291 g/mol. The van der Waals surface area contributed by atoms with Crippen LogP contribution >= 0.6 is 0 Å². The van der Waals surface area contributed by atoms with E-state index in [9.17, 15) is 4.79 Å². The van der Waals surface area contributed by atoms with Gasteiger partial charge in [-0.3, -0.25) is 0 Å². The molecule has 0 heterocycles. The second kappa shape index (κ2) is 6.73. The zero-order valence-corrected chi connectivity index (χ0v) is 12.9. The fraction of sp³-hybridized carbons (Fsp3) is 0.158. The lowest BCUT2D eigenvalue weighted by molar-refractivity contribution is -0.129. The Morgan fingerprint density at radius 2 is 1.68 bits per heavy atom. The molecule has 0 fully saturated rings. The molecule has 3 heteroatoms. The van der Waals surface area contributed by atoms with E-state index in [4.69, 9.17) is 10.00 Å². The first-order valence-electron chi connectivity index (χ1n) is 6.98. The number of nitriles is 1. The zero-order valence-electron chi connectivity index (χ0n) is 12.9. The number of ether oxygens (including phenoxy) is 1. The van der Waals surface area contributed by atoms with E-state index in [1.807, 2.05) is 32.9 Å². The summed E-state index contributed by atoms with van der Waals surface area (Å²) in [6, 6.07) is 13.0. The molecule has 0 N–H and O–H groups in total. The summed E-state index contributed by atoms with van der Waals surface area (Å²) < 4.78 is 5.45. The summed E-state index contributed by atoms with van der Waals surface area (Å²) in [6.45, 7) is 5.84. The van der Waals surface area contributed by atoms with Gasteiger partial charge in [-0.1, -0.05) is 24.3 Å². The Kier molecular flexibility index (Phi) is 4.75. The lowest BCUT2D eigenvalue weighted by Gasteiger charge is -2.11. The predicted octanol–water partition coefficient (Wildman–Crippen LogP) is 4.10. The molecule has 0 spiro atoms. The summed E-state index contributed by atoms with van der Waals surface area (Å²) in [6.07, 6.45) is 3.06. The van der Waals surface area contributed by atoms with Crippen molar-refractivity contribution in [2.75, 3.05) is 0 Å². The lowest BCUT2D eigenvalue weighted by atomic mass is 10.1. The average Bonchev–Trinajstić information content (AvgIpc) is 2.53. The van der Waals surface area contributed by atoms with E-state index in [2.05, 4.69) is 6.07 Å². The van der Waals surface area contributed by atoms with Gasteiger partial charge in [0.15, 0.2) is 0 Å². The Bertz CT molecular complexity index is 765. The summed E-state index contributed by atoms with van der Waals surface area (Å²) >= 11 is 0. The highest BCUT2D eigenvalue weighted by atomic mass is 16.5. The van der Waals surface area contributed by atoms with E-state index in [-0.39, 0.29) is 0 Å². The molecule has 0 bridgehead atoms. The summed E-state index contributed by atoms with van der Waals surface area (Å²) in [4.78, 5) is 12.0. The second-order valence-electron chi connectivity index (χ2n) is 5.14. The molecule has 0 saturated carbocycles. The third-order valence-corrected chi connectivity index (χ3v) is 3.53. The SMILES string of the molecule is Cc1ccc(C)c(OC(=O)/C=C/c2ccc(C#N)cc2)c1C. The minimum absolute atomic E-state index is 0.416. The quantitative estimate of drug-likeness (QED) is 0.486. The van der Waals surface area contributed by atoms with Crippen molar-refractivity contribution in [3.8, 4) is 11.8 Å². The van der Waals surface area contributed by atoms with E-state index in [0.717, 1.165) is 22.3 Å². The smallest absolute Gasteiger partial charge is 0.336 e. The minimum atomic E-state index is -0.416. The topological polar surface area (TPSA) is 50.1 Å². The summed E-state index contributed by atoms with van der Waals surface area (Å²) in [5, 5.41) is 8.74. The molecule has 2 aromatic carbocycles. The molecule has 0 saturated heterocycles. The number of hydrogen-bond acceptors (Lipinski definition) is 3. The molecule has 0 atom stereocenters. The summed E-state index contributed by atoms with van der Waals surface area (Å²) in [7, 11) is 0. The van der Waals surface area contributed by atoms with Gasteiger partial charge in [0.1, 0.15) is 5.75 Å². The zero-order chi connectivity index (χ0) is 16.1. The maximum absolute atomic E-state index is 12.0. The molecule has 0 aromatic heterocycles. The van der Waals surface area contributed by atoms with E-state index in [1.54, 1.807) is 30.3 Å². The van der Waals surface area contributed by atoms with E-state index in [1.165, 1.54) is 6.08 Å². The van der Waals surface area contributed by atoms with Gasteiger partial charge < -0.3 is 4.74 Å². The first-order chi connectivity index (χ1) is 10.5. The number of carbonyl (C=O) groups is 1. The molecular formula is C19H17NO2. The molecule has 0 amide bonds. The Balaban J connectivity index is 2.11. The standard InChI is InChI=1S/C19H17NO2/c1-13-4-5-14(2)19(15(13)3)22-18(21)11-10-16-6-8-17(12-20)9-7-16/h4-11H,1-3H3/b11-10+. The lowest BCUT2D eigenvalue weighted by Crippen LogP contribution is -2.06. The van der Waals surface area contributed by atoms with Crippen LogP contribution in [0.25, 0.3) is 6.08 Å². The van der Waals surface area contributed by atoms with Gasteiger partial charge in [0, 0.05) is 6.08 Å². The van der Waals surface area contributed by atoms with Crippen LogP contribution < -0.4 is 4.74 Å². The van der Waals surface area contributed by atoms with Crippen molar-refractivity contribution in [1.82, 2.24) is 0 Å². The van der Waals surface area contributed by atoms with Crippen LogP contribution in [0.1, 0.15) is 27.8 Å². The fourth-order valence-corrected chi connectivity index (χ4v) is 2.05. The van der Waals surface area contributed by atoms with E-state index < -0.39 is 5.97 Å². The van der Waals surface area contributed by atoms with Crippen molar-refractivity contribution in [1.29, 1.82) is 5.26 Å². The van der Waals surface area contributed by atoms with Crippen LogP contribution in [0.2, 0.25) is 0 Å². The molecule has 2 rings (SSSR count). The first-order valence-corrected chi connectivity index (χ1v) is 6.98. The van der Waals surface area contributed by atoms with Crippen molar-refractivity contribution in [3.05, 3.63) is 70.3 Å². The maximum Gasteiger partial charge on any atom is 0.336 e. The molecule has 110 valence electrons. The van der Waals surface area contributed by atoms with Gasteiger partial charge in [-0.05, 0) is 61.2 Å². The van der Waals surface area contributed by atoms with Gasteiger partial charge in [0.25, 0.3) is 0 Å². The predicted molar refractivity (Wildman–Crippen MR) is 86.5 cm³/mol.